The van der Waals surface area contributed by atoms with Crippen LogP contribution in [0, 0.1) is 5.92 Å². The Morgan fingerprint density at radius 1 is 1.19 bits per heavy atom. The van der Waals surface area contributed by atoms with Crippen molar-refractivity contribution in [3.05, 3.63) is 18.7 Å². The summed E-state index contributed by atoms with van der Waals surface area (Å²) < 4.78 is 9.53. The first-order valence-corrected chi connectivity index (χ1v) is 8.18. The summed E-state index contributed by atoms with van der Waals surface area (Å²) in [6.07, 6.45) is 12.0. The van der Waals surface area contributed by atoms with E-state index in [1.165, 1.54) is 12.8 Å². The van der Waals surface area contributed by atoms with Crippen LogP contribution in [-0.4, -0.2) is 16.6 Å². The number of esters is 1. The van der Waals surface area contributed by atoms with Crippen molar-refractivity contribution in [3.8, 4) is 0 Å². The Bertz CT molecular complexity index is 413. The number of hydrogen-bond donors (Lipinski definition) is 0. The number of nitrogens with zero attached hydrogens (tertiary/aromatic N) is 2. The molecular weight excluding hydrogens is 264 g/mol. The van der Waals surface area contributed by atoms with Gasteiger partial charge in [0.2, 0.25) is 6.33 Å². The quantitative estimate of drug-likeness (QED) is 0.377. The number of unbranched alkanes of at least 4 members (excludes halogenated alkanes) is 1. The van der Waals surface area contributed by atoms with Gasteiger partial charge in [-0.1, -0.05) is 26.7 Å². The Balaban J connectivity index is 2.06. The lowest BCUT2D eigenvalue weighted by atomic mass is 10.0. The molecule has 1 atom stereocenters. The highest BCUT2D eigenvalue weighted by molar-refractivity contribution is 5.69. The average molecular weight is 295 g/mol. The third-order valence-electron chi connectivity index (χ3n) is 3.60. The maximum Gasteiger partial charge on any atom is 0.306 e. The molecule has 1 aromatic rings. The van der Waals surface area contributed by atoms with Gasteiger partial charge in [-0.2, -0.15) is 0 Å². The fraction of sp³-hybridized carbons (Fsp3) is 0.765. The van der Waals surface area contributed by atoms with Crippen LogP contribution in [0.2, 0.25) is 0 Å². The molecule has 0 radical (unpaired) electrons. The molecule has 0 amide bonds. The maximum absolute atomic E-state index is 11.8. The SMILES string of the molecule is CC(C)CCCCC(C)OC(=O)CCCn1cc[n+](C)c1. The second kappa shape index (κ2) is 9.59. The van der Waals surface area contributed by atoms with E-state index in [9.17, 15) is 4.79 Å². The van der Waals surface area contributed by atoms with E-state index in [0.29, 0.717) is 6.42 Å². The fourth-order valence-corrected chi connectivity index (χ4v) is 2.37. The summed E-state index contributed by atoms with van der Waals surface area (Å²) in [4.78, 5) is 11.8. The molecular formula is C17H31N2O2+. The van der Waals surface area contributed by atoms with E-state index in [4.69, 9.17) is 4.74 Å². The Labute approximate surface area is 129 Å². The molecule has 0 spiro atoms. The van der Waals surface area contributed by atoms with Crippen molar-refractivity contribution >= 4 is 5.97 Å². The van der Waals surface area contributed by atoms with Crippen LogP contribution in [0.4, 0.5) is 0 Å². The molecule has 0 aromatic carbocycles. The second-order valence-electron chi connectivity index (χ2n) is 6.40. The summed E-state index contributed by atoms with van der Waals surface area (Å²) in [6.45, 7) is 7.35. The molecule has 1 rings (SSSR count). The van der Waals surface area contributed by atoms with Crippen molar-refractivity contribution in [2.24, 2.45) is 13.0 Å². The Morgan fingerprint density at radius 2 is 1.90 bits per heavy atom. The molecule has 0 aliphatic rings. The number of ether oxygens (including phenoxy) is 1. The predicted octanol–water partition coefficient (Wildman–Crippen LogP) is 3.24. The zero-order valence-corrected chi connectivity index (χ0v) is 14.0. The van der Waals surface area contributed by atoms with Crippen LogP contribution in [0.15, 0.2) is 18.7 Å². The van der Waals surface area contributed by atoms with E-state index in [0.717, 1.165) is 31.7 Å². The van der Waals surface area contributed by atoms with Gasteiger partial charge in [0.25, 0.3) is 0 Å². The van der Waals surface area contributed by atoms with Gasteiger partial charge in [-0.15, -0.1) is 0 Å². The lowest BCUT2D eigenvalue weighted by Gasteiger charge is -2.13. The van der Waals surface area contributed by atoms with E-state index in [1.54, 1.807) is 0 Å². The van der Waals surface area contributed by atoms with E-state index in [1.807, 2.05) is 37.3 Å². The van der Waals surface area contributed by atoms with Gasteiger partial charge in [0, 0.05) is 6.42 Å². The number of imidazole rings is 1. The molecule has 0 saturated carbocycles. The summed E-state index contributed by atoms with van der Waals surface area (Å²) in [5.74, 6) is 0.696. The van der Waals surface area contributed by atoms with E-state index >= 15 is 0 Å². The smallest absolute Gasteiger partial charge is 0.306 e. The maximum atomic E-state index is 11.8. The summed E-state index contributed by atoms with van der Waals surface area (Å²) in [5, 5.41) is 0. The van der Waals surface area contributed by atoms with Gasteiger partial charge >= 0.3 is 5.97 Å². The van der Waals surface area contributed by atoms with Gasteiger partial charge in [0.15, 0.2) is 0 Å². The number of carbonyl (C=O) groups excluding carboxylic acids is 1. The normalized spacial score (nSPS) is 12.6. The molecule has 1 unspecified atom stereocenters. The summed E-state index contributed by atoms with van der Waals surface area (Å²) in [6, 6.07) is 0. The summed E-state index contributed by atoms with van der Waals surface area (Å²) in [7, 11) is 1.99. The van der Waals surface area contributed by atoms with Crippen LogP contribution in [0.5, 0.6) is 0 Å². The molecule has 0 fully saturated rings. The molecule has 1 aromatic heterocycles. The minimum absolute atomic E-state index is 0.0500. The molecule has 4 nitrogen and oxygen atoms in total. The van der Waals surface area contributed by atoms with Crippen LogP contribution in [-0.2, 0) is 23.1 Å². The average Bonchev–Trinajstić information content (AvgIpc) is 2.80. The highest BCUT2D eigenvalue weighted by atomic mass is 16.5. The van der Waals surface area contributed by atoms with Gasteiger partial charge < -0.3 is 4.74 Å². The number of rotatable bonds is 10. The highest BCUT2D eigenvalue weighted by Gasteiger charge is 2.10. The molecule has 0 N–H and O–H groups in total. The standard InChI is InChI=1S/C17H31N2O2/c1-15(2)8-5-6-9-16(3)21-17(20)10-7-11-19-13-12-18(4)14-19/h12-16H,5-11H2,1-4H3/q+1. The van der Waals surface area contributed by atoms with Crippen molar-refractivity contribution in [2.75, 3.05) is 0 Å². The fourth-order valence-electron chi connectivity index (χ4n) is 2.37. The molecule has 4 heteroatoms. The topological polar surface area (TPSA) is 35.1 Å². The number of aromatic nitrogens is 2. The number of aryl methyl sites for hydroxylation is 2. The molecule has 120 valence electrons. The number of carbonyl (C=O) groups is 1. The first-order chi connectivity index (χ1) is 9.97. The van der Waals surface area contributed by atoms with Gasteiger partial charge in [-0.3, -0.25) is 4.79 Å². The minimum Gasteiger partial charge on any atom is -0.463 e. The molecule has 0 bridgehead atoms. The van der Waals surface area contributed by atoms with Crippen LogP contribution >= 0.6 is 0 Å². The predicted molar refractivity (Wildman–Crippen MR) is 83.7 cm³/mol. The third kappa shape index (κ3) is 8.53. The van der Waals surface area contributed by atoms with Crippen LogP contribution in [0.1, 0.15) is 59.3 Å². The zero-order valence-electron chi connectivity index (χ0n) is 14.0. The number of hydrogen-bond acceptors (Lipinski definition) is 2. The molecule has 1 heterocycles. The van der Waals surface area contributed by atoms with Crippen molar-refractivity contribution in [1.82, 2.24) is 4.57 Å². The Hall–Kier alpha value is -1.32. The lowest BCUT2D eigenvalue weighted by Crippen LogP contribution is -2.23. The third-order valence-corrected chi connectivity index (χ3v) is 3.60. The van der Waals surface area contributed by atoms with Gasteiger partial charge in [0.05, 0.1) is 19.7 Å². The highest BCUT2D eigenvalue weighted by Crippen LogP contribution is 2.11. The van der Waals surface area contributed by atoms with Crippen molar-refractivity contribution in [1.29, 1.82) is 0 Å². The molecule has 21 heavy (non-hydrogen) atoms. The van der Waals surface area contributed by atoms with Crippen molar-refractivity contribution in [2.45, 2.75) is 71.9 Å². The van der Waals surface area contributed by atoms with Crippen LogP contribution in [0.25, 0.3) is 0 Å². The lowest BCUT2D eigenvalue weighted by molar-refractivity contribution is -0.671. The van der Waals surface area contributed by atoms with Gasteiger partial charge in [-0.25, -0.2) is 9.13 Å². The Kier molecular flexibility index (Phi) is 8.09. The Morgan fingerprint density at radius 3 is 2.52 bits per heavy atom. The molecule has 0 aliphatic heterocycles. The van der Waals surface area contributed by atoms with Crippen LogP contribution < -0.4 is 4.57 Å². The van der Waals surface area contributed by atoms with E-state index in [-0.39, 0.29) is 12.1 Å². The molecule has 0 aliphatic carbocycles. The summed E-state index contributed by atoms with van der Waals surface area (Å²) >= 11 is 0. The van der Waals surface area contributed by atoms with Crippen LogP contribution in [0.3, 0.4) is 0 Å². The first kappa shape index (κ1) is 17.7. The molecule has 0 saturated heterocycles. The minimum atomic E-state index is -0.0668. The summed E-state index contributed by atoms with van der Waals surface area (Å²) in [5.41, 5.74) is 0. The van der Waals surface area contributed by atoms with E-state index < -0.39 is 0 Å². The van der Waals surface area contributed by atoms with Gasteiger partial charge in [-0.05, 0) is 32.1 Å². The monoisotopic (exact) mass is 295 g/mol. The van der Waals surface area contributed by atoms with Gasteiger partial charge in [0.1, 0.15) is 12.4 Å². The first-order valence-electron chi connectivity index (χ1n) is 8.18. The zero-order chi connectivity index (χ0) is 15.7. The second-order valence-corrected chi connectivity index (χ2v) is 6.40. The van der Waals surface area contributed by atoms with Crippen molar-refractivity contribution < 1.29 is 14.1 Å². The van der Waals surface area contributed by atoms with E-state index in [2.05, 4.69) is 18.4 Å². The largest absolute Gasteiger partial charge is 0.463 e. The van der Waals surface area contributed by atoms with Crippen molar-refractivity contribution in [3.63, 3.8) is 0 Å².